The van der Waals surface area contributed by atoms with Crippen LogP contribution in [0.2, 0.25) is 0 Å². The Hall–Kier alpha value is -2.52. The smallest absolute Gasteiger partial charge is 0.472 e. The van der Waals surface area contributed by atoms with Crippen LogP contribution < -0.4 is 0 Å². The largest absolute Gasteiger partial charge is 0.498 e. The van der Waals surface area contributed by atoms with E-state index in [1.54, 1.807) is 12.3 Å². The third-order valence-corrected chi connectivity index (χ3v) is 9.61. The van der Waals surface area contributed by atoms with E-state index in [2.05, 4.69) is 44.2 Å². The van der Waals surface area contributed by atoms with Crippen molar-refractivity contribution in [1.82, 2.24) is 0 Å². The summed E-state index contributed by atoms with van der Waals surface area (Å²) in [6, 6.07) is 0. The molecule has 0 saturated carbocycles. The zero-order valence-electron chi connectivity index (χ0n) is 35.9. The van der Waals surface area contributed by atoms with E-state index in [-0.39, 0.29) is 26.2 Å². The van der Waals surface area contributed by atoms with Gasteiger partial charge < -0.3 is 24.0 Å². The Morgan fingerprint density at radius 2 is 1.27 bits per heavy atom. The van der Waals surface area contributed by atoms with Crippen LogP contribution in [-0.4, -0.2) is 80.2 Å². The minimum Gasteiger partial charge on any atom is -0.498 e. The summed E-state index contributed by atoms with van der Waals surface area (Å²) in [5.41, 5.74) is 0. The number of aliphatic hydroxyl groups is 1. The Morgan fingerprint density at radius 3 is 1.91 bits per heavy atom. The zero-order chi connectivity index (χ0) is 41.4. The normalized spacial score (nSPS) is 15.1. The molecule has 0 aromatic heterocycles. The molecule has 0 aromatic rings. The van der Waals surface area contributed by atoms with Crippen molar-refractivity contribution in [3.8, 4) is 0 Å². The highest BCUT2D eigenvalue weighted by atomic mass is 31.2. The Bertz CT molecular complexity index is 1180. The van der Waals surface area contributed by atoms with Crippen LogP contribution in [0.5, 0.6) is 0 Å². The van der Waals surface area contributed by atoms with Crippen molar-refractivity contribution in [2.24, 2.45) is 0 Å². The minimum absolute atomic E-state index is 0.000436. The standard InChI is InChI=1S/C46H80NO8P/c1-6-8-10-12-14-15-16-17-18-21-24-27-31-35-40-52-42-45(43-54-56(50,51)53-41-39-47(3,4)5)55-46(49)38-34-30-26-23-20-19-22-25-29-33-37-44(48)36-32-28-13-11-9-7-2/h9,11,19-20,25-26,28-30,32-33,35,37,40,44-45,48H,6-8,10,12-18,21-24,27,31,34,36,38-39,41-43H2,1-5H3/p+1/b11-9-,20-19-,29-25-,30-26-,32-28-,37-33+,40-35+/t44?,45-/m1/s1. The fourth-order valence-electron chi connectivity index (χ4n) is 5.27. The average Bonchev–Trinajstić information content (AvgIpc) is 3.14. The van der Waals surface area contributed by atoms with Gasteiger partial charge in [0, 0.05) is 6.42 Å². The Morgan fingerprint density at radius 1 is 0.679 bits per heavy atom. The number of hydrogen-bond donors (Lipinski definition) is 2. The summed E-state index contributed by atoms with van der Waals surface area (Å²) < 4.78 is 34.6. The van der Waals surface area contributed by atoms with Gasteiger partial charge in [-0.05, 0) is 57.4 Å². The van der Waals surface area contributed by atoms with Crippen LogP contribution in [-0.2, 0) is 27.9 Å². The van der Waals surface area contributed by atoms with Crippen molar-refractivity contribution < 1.29 is 42.4 Å². The first-order chi connectivity index (χ1) is 27.0. The fraction of sp³-hybridized carbons (Fsp3) is 0.674. The number of rotatable bonds is 38. The van der Waals surface area contributed by atoms with E-state index in [4.69, 9.17) is 18.5 Å². The van der Waals surface area contributed by atoms with Crippen LogP contribution in [0.1, 0.15) is 142 Å². The maximum absolute atomic E-state index is 12.6. The topological polar surface area (TPSA) is 112 Å². The maximum Gasteiger partial charge on any atom is 0.472 e. The lowest BCUT2D eigenvalue weighted by Gasteiger charge is -2.24. The molecule has 0 bridgehead atoms. The van der Waals surface area contributed by atoms with E-state index in [1.165, 1.54) is 70.6 Å². The molecule has 2 N–H and O–H groups in total. The van der Waals surface area contributed by atoms with Crippen molar-refractivity contribution >= 4 is 13.8 Å². The molecule has 0 aliphatic heterocycles. The van der Waals surface area contributed by atoms with Gasteiger partial charge in [0.15, 0.2) is 6.10 Å². The van der Waals surface area contributed by atoms with Crippen molar-refractivity contribution in [3.05, 3.63) is 85.3 Å². The third kappa shape index (κ3) is 41.1. The molecule has 0 amide bonds. The van der Waals surface area contributed by atoms with Gasteiger partial charge in [-0.1, -0.05) is 157 Å². The van der Waals surface area contributed by atoms with Gasteiger partial charge in [-0.2, -0.15) is 0 Å². The number of nitrogens with zero attached hydrogens (tertiary/aromatic N) is 1. The van der Waals surface area contributed by atoms with Crippen LogP contribution in [0, 0.1) is 0 Å². The number of phosphoric ester groups is 1. The summed E-state index contributed by atoms with van der Waals surface area (Å²) >= 11 is 0. The molecule has 0 radical (unpaired) electrons. The predicted molar refractivity (Wildman–Crippen MR) is 234 cm³/mol. The van der Waals surface area contributed by atoms with Gasteiger partial charge in [-0.3, -0.25) is 13.8 Å². The number of phosphoric acid groups is 1. The highest BCUT2D eigenvalue weighted by Gasteiger charge is 2.26. The number of likely N-dealkylation sites (N-methyl/N-ethyl adjacent to an activating group) is 1. The van der Waals surface area contributed by atoms with Crippen LogP contribution in [0.25, 0.3) is 0 Å². The number of carbonyl (C=O) groups is 1. The van der Waals surface area contributed by atoms with Crippen molar-refractivity contribution in [2.75, 3.05) is 47.5 Å². The lowest BCUT2D eigenvalue weighted by atomic mass is 10.0. The molecule has 0 aliphatic rings. The van der Waals surface area contributed by atoms with Crippen LogP contribution in [0.15, 0.2) is 85.3 Å². The fourth-order valence-corrected chi connectivity index (χ4v) is 6.02. The molecule has 322 valence electrons. The van der Waals surface area contributed by atoms with E-state index in [9.17, 15) is 19.4 Å². The van der Waals surface area contributed by atoms with Gasteiger partial charge in [-0.15, -0.1) is 0 Å². The van der Waals surface area contributed by atoms with Gasteiger partial charge >= 0.3 is 13.8 Å². The maximum atomic E-state index is 12.6. The van der Waals surface area contributed by atoms with Gasteiger partial charge in [0.25, 0.3) is 0 Å². The number of aliphatic hydroxyl groups excluding tert-OH is 1. The summed E-state index contributed by atoms with van der Waals surface area (Å²) in [4.78, 5) is 22.8. The predicted octanol–water partition coefficient (Wildman–Crippen LogP) is 11.8. The second kappa shape index (κ2) is 38.0. The number of quaternary nitrogens is 1. The molecule has 10 heteroatoms. The van der Waals surface area contributed by atoms with Gasteiger partial charge in [0.1, 0.15) is 19.8 Å². The van der Waals surface area contributed by atoms with E-state index >= 15 is 0 Å². The van der Waals surface area contributed by atoms with Crippen molar-refractivity contribution in [2.45, 2.75) is 154 Å². The average molecular weight is 807 g/mol. The molecule has 0 aromatic carbocycles. The van der Waals surface area contributed by atoms with E-state index < -0.39 is 26.0 Å². The molecular weight excluding hydrogens is 725 g/mol. The first-order valence-corrected chi connectivity index (χ1v) is 23.0. The van der Waals surface area contributed by atoms with Gasteiger partial charge in [0.2, 0.25) is 0 Å². The number of hydrogen-bond acceptors (Lipinski definition) is 7. The van der Waals surface area contributed by atoms with Gasteiger partial charge in [-0.25, -0.2) is 4.57 Å². The molecule has 0 fully saturated rings. The third-order valence-electron chi connectivity index (χ3n) is 8.63. The Labute approximate surface area is 342 Å². The summed E-state index contributed by atoms with van der Waals surface area (Å²) in [5, 5.41) is 10.0. The van der Waals surface area contributed by atoms with Crippen LogP contribution in [0.3, 0.4) is 0 Å². The molecular formula is C46H81NO8P+. The molecule has 3 atom stereocenters. The molecule has 0 rings (SSSR count). The first kappa shape index (κ1) is 53.5. The molecule has 9 nitrogen and oxygen atoms in total. The van der Waals surface area contributed by atoms with Gasteiger partial charge in [0.05, 0.1) is 40.1 Å². The molecule has 2 unspecified atom stereocenters. The van der Waals surface area contributed by atoms with Crippen molar-refractivity contribution in [1.29, 1.82) is 0 Å². The van der Waals surface area contributed by atoms with E-state index in [0.717, 1.165) is 38.5 Å². The SMILES string of the molecule is CC/C=C\C/C=C\CC(O)/C=C/C=C\C/C=C\C/C=C\CCC(=O)O[C@H](CO/C=C/CCCCCCCCCCCCCC)COP(=O)(O)OCC[N+](C)(C)C. The zero-order valence-corrected chi connectivity index (χ0v) is 36.8. The van der Waals surface area contributed by atoms with E-state index in [0.29, 0.717) is 23.9 Å². The molecule has 0 heterocycles. The second-order valence-electron chi connectivity index (χ2n) is 15.3. The molecule has 56 heavy (non-hydrogen) atoms. The quantitative estimate of drug-likeness (QED) is 0.0121. The lowest BCUT2D eigenvalue weighted by molar-refractivity contribution is -0.870. The number of esters is 1. The number of unbranched alkanes of at least 4 members (excludes halogenated alkanes) is 12. The summed E-state index contributed by atoms with van der Waals surface area (Å²) in [6.07, 6.45) is 47.5. The summed E-state index contributed by atoms with van der Waals surface area (Å²) in [5.74, 6) is -0.440. The monoisotopic (exact) mass is 807 g/mol. The number of allylic oxidation sites excluding steroid dienone is 11. The molecule has 0 aliphatic carbocycles. The number of ether oxygens (including phenoxy) is 2. The summed E-state index contributed by atoms with van der Waals surface area (Å²) in [7, 11) is 1.55. The highest BCUT2D eigenvalue weighted by Crippen LogP contribution is 2.43. The Balaban J connectivity index is 4.52. The first-order valence-electron chi connectivity index (χ1n) is 21.5. The van der Waals surface area contributed by atoms with Crippen molar-refractivity contribution in [3.63, 3.8) is 0 Å². The van der Waals surface area contributed by atoms with E-state index in [1.807, 2.05) is 63.7 Å². The number of carbonyl (C=O) groups excluding carboxylic acids is 1. The van der Waals surface area contributed by atoms with Crippen LogP contribution >= 0.6 is 7.82 Å². The van der Waals surface area contributed by atoms with Crippen LogP contribution in [0.4, 0.5) is 0 Å². The second-order valence-corrected chi connectivity index (χ2v) is 16.7. The minimum atomic E-state index is -4.33. The Kier molecular flexibility index (Phi) is 36.3. The lowest BCUT2D eigenvalue weighted by Crippen LogP contribution is -2.37. The molecule has 0 spiro atoms. The molecule has 0 saturated heterocycles. The summed E-state index contributed by atoms with van der Waals surface area (Å²) in [6.45, 7) is 4.62. The highest BCUT2D eigenvalue weighted by molar-refractivity contribution is 7.47.